The maximum Gasteiger partial charge on any atom is 0.266 e. The minimum absolute atomic E-state index is 0.145. The van der Waals surface area contributed by atoms with Crippen molar-refractivity contribution in [2.75, 3.05) is 19.0 Å². The summed E-state index contributed by atoms with van der Waals surface area (Å²) in [7, 11) is -2.38. The van der Waals surface area contributed by atoms with Gasteiger partial charge in [0.25, 0.3) is 10.0 Å². The summed E-state index contributed by atoms with van der Waals surface area (Å²) >= 11 is 0. The van der Waals surface area contributed by atoms with Crippen molar-refractivity contribution >= 4 is 21.6 Å². The van der Waals surface area contributed by atoms with Gasteiger partial charge in [-0.25, -0.2) is 13.1 Å². The number of sulfonamides is 1. The van der Waals surface area contributed by atoms with Crippen LogP contribution >= 0.6 is 0 Å². The lowest BCUT2D eigenvalue weighted by Gasteiger charge is -2.28. The van der Waals surface area contributed by atoms with E-state index in [1.54, 1.807) is 19.2 Å². The molecule has 0 bridgehead atoms. The number of rotatable bonds is 5. The molecule has 2 aliphatic carbocycles. The number of hydrogen-bond acceptors (Lipinski definition) is 5. The number of methoxy groups -OCH3 is 1. The molecule has 2 aromatic carbocycles. The Balaban J connectivity index is 1.45. The summed E-state index contributed by atoms with van der Waals surface area (Å²) in [6, 6.07) is 9.29. The number of benzene rings is 2. The van der Waals surface area contributed by atoms with Crippen LogP contribution in [0.3, 0.4) is 0 Å². The molecule has 0 spiro atoms. The first kappa shape index (κ1) is 20.4. The summed E-state index contributed by atoms with van der Waals surface area (Å²) < 4.78 is 34.3. The fraction of sp³-hybridized carbons (Fsp3) is 0.458. The number of nitrogens with one attached hydrogen (secondary N) is 2. The van der Waals surface area contributed by atoms with Gasteiger partial charge in [-0.1, -0.05) is 24.6 Å². The molecule has 1 atom stereocenters. The SMILES string of the molecule is COc1ccc(C2CCC2)c2c1[C@@H](C(=O)NS(=O)(=O)c1cccc3c1NCCC3)CC2. The quantitative estimate of drug-likeness (QED) is 0.738. The van der Waals surface area contributed by atoms with Crippen LogP contribution in [0, 0.1) is 0 Å². The van der Waals surface area contributed by atoms with Crippen LogP contribution in [0.5, 0.6) is 5.75 Å². The van der Waals surface area contributed by atoms with Crippen molar-refractivity contribution in [3.8, 4) is 5.75 Å². The molecule has 0 saturated heterocycles. The van der Waals surface area contributed by atoms with Gasteiger partial charge < -0.3 is 10.1 Å². The molecule has 7 heteroatoms. The third-order valence-electron chi connectivity index (χ3n) is 7.03. The first-order valence-electron chi connectivity index (χ1n) is 11.1. The van der Waals surface area contributed by atoms with Gasteiger partial charge in [0.1, 0.15) is 10.6 Å². The number of fused-ring (bicyclic) bond motifs is 2. The number of anilines is 1. The van der Waals surface area contributed by atoms with Crippen LogP contribution in [-0.2, 0) is 27.7 Å². The smallest absolute Gasteiger partial charge is 0.266 e. The van der Waals surface area contributed by atoms with Gasteiger partial charge in [0, 0.05) is 12.1 Å². The molecule has 5 rings (SSSR count). The Morgan fingerprint density at radius 1 is 1.10 bits per heavy atom. The van der Waals surface area contributed by atoms with Crippen molar-refractivity contribution in [2.24, 2.45) is 0 Å². The normalized spacial score (nSPS) is 20.2. The number of aryl methyl sites for hydroxylation is 1. The zero-order valence-electron chi connectivity index (χ0n) is 17.7. The lowest BCUT2D eigenvalue weighted by Crippen LogP contribution is -2.35. The van der Waals surface area contributed by atoms with Crippen molar-refractivity contribution in [3.63, 3.8) is 0 Å². The molecule has 0 aromatic heterocycles. The van der Waals surface area contributed by atoms with Crippen LogP contribution in [0.1, 0.15) is 66.2 Å². The molecule has 1 fully saturated rings. The van der Waals surface area contributed by atoms with Gasteiger partial charge in [0.15, 0.2) is 0 Å². The first-order valence-corrected chi connectivity index (χ1v) is 12.6. The van der Waals surface area contributed by atoms with Crippen molar-refractivity contribution in [1.29, 1.82) is 0 Å². The Bertz CT molecular complexity index is 1140. The minimum Gasteiger partial charge on any atom is -0.496 e. The average molecular weight is 441 g/mol. The summed E-state index contributed by atoms with van der Waals surface area (Å²) in [6.07, 6.45) is 6.76. The van der Waals surface area contributed by atoms with E-state index in [0.29, 0.717) is 23.8 Å². The van der Waals surface area contributed by atoms with Crippen LogP contribution in [0.4, 0.5) is 5.69 Å². The highest BCUT2D eigenvalue weighted by Gasteiger charge is 2.37. The van der Waals surface area contributed by atoms with Gasteiger partial charge in [-0.15, -0.1) is 0 Å². The highest BCUT2D eigenvalue weighted by atomic mass is 32.2. The lowest BCUT2D eigenvalue weighted by atomic mass is 9.77. The molecule has 1 heterocycles. The standard InChI is InChI=1S/C24H28N2O4S/c1-30-20-13-12-17(15-5-2-6-15)18-10-11-19(22(18)20)24(27)26-31(28,29)21-9-3-7-16-8-4-14-25-23(16)21/h3,7,9,12-13,15,19,25H,2,4-6,8,10-11,14H2,1H3,(H,26,27)/t19-/m0/s1. The molecule has 1 saturated carbocycles. The molecule has 1 amide bonds. The second kappa shape index (κ2) is 7.86. The second-order valence-corrected chi connectivity index (χ2v) is 10.4. The first-order chi connectivity index (χ1) is 15.0. The Labute approximate surface area is 183 Å². The fourth-order valence-corrected chi connectivity index (χ4v) is 6.50. The largest absolute Gasteiger partial charge is 0.496 e. The molecule has 2 aromatic rings. The molecule has 2 N–H and O–H groups in total. The number of para-hydroxylation sites is 1. The van der Waals surface area contributed by atoms with Gasteiger partial charge in [-0.3, -0.25) is 4.79 Å². The number of amides is 1. The summed E-state index contributed by atoms with van der Waals surface area (Å²) in [5, 5.41) is 3.20. The summed E-state index contributed by atoms with van der Waals surface area (Å²) in [6.45, 7) is 0.727. The molecule has 1 aliphatic heterocycles. The topological polar surface area (TPSA) is 84.5 Å². The van der Waals surface area contributed by atoms with Crippen LogP contribution in [0.2, 0.25) is 0 Å². The predicted molar refractivity (Wildman–Crippen MR) is 119 cm³/mol. The third kappa shape index (κ3) is 3.49. The summed E-state index contributed by atoms with van der Waals surface area (Å²) in [4.78, 5) is 13.4. The van der Waals surface area contributed by atoms with E-state index in [4.69, 9.17) is 4.74 Å². The predicted octanol–water partition coefficient (Wildman–Crippen LogP) is 3.86. The molecule has 0 radical (unpaired) electrons. The Hall–Kier alpha value is -2.54. The van der Waals surface area contributed by atoms with Gasteiger partial charge >= 0.3 is 0 Å². The van der Waals surface area contributed by atoms with Crippen molar-refractivity contribution in [2.45, 2.75) is 61.7 Å². The van der Waals surface area contributed by atoms with Gasteiger partial charge in [-0.05, 0) is 73.3 Å². The molecule has 0 unspecified atom stereocenters. The van der Waals surface area contributed by atoms with E-state index in [1.807, 2.05) is 12.1 Å². The van der Waals surface area contributed by atoms with E-state index in [1.165, 1.54) is 30.4 Å². The maximum absolute atomic E-state index is 13.2. The van der Waals surface area contributed by atoms with Crippen LogP contribution in [0.15, 0.2) is 35.2 Å². The molecule has 3 aliphatic rings. The maximum atomic E-state index is 13.2. The van der Waals surface area contributed by atoms with E-state index in [-0.39, 0.29) is 4.90 Å². The molecule has 31 heavy (non-hydrogen) atoms. The van der Waals surface area contributed by atoms with E-state index >= 15 is 0 Å². The highest BCUT2D eigenvalue weighted by molar-refractivity contribution is 7.90. The van der Waals surface area contributed by atoms with Crippen molar-refractivity contribution < 1.29 is 17.9 Å². The minimum atomic E-state index is -3.98. The fourth-order valence-electron chi connectivity index (χ4n) is 5.26. The molecular formula is C24H28N2O4S. The Kier molecular flexibility index (Phi) is 5.16. The van der Waals surface area contributed by atoms with Crippen molar-refractivity contribution in [1.82, 2.24) is 4.72 Å². The zero-order chi connectivity index (χ0) is 21.6. The molecular weight excluding hydrogens is 412 g/mol. The average Bonchev–Trinajstić information content (AvgIpc) is 3.18. The summed E-state index contributed by atoms with van der Waals surface area (Å²) in [5.74, 6) is 0.225. The van der Waals surface area contributed by atoms with Crippen molar-refractivity contribution in [3.05, 3.63) is 52.6 Å². The number of ether oxygens (including phenoxy) is 1. The Morgan fingerprint density at radius 3 is 2.68 bits per heavy atom. The highest BCUT2D eigenvalue weighted by Crippen LogP contribution is 2.47. The van der Waals surface area contributed by atoms with Crippen LogP contribution in [-0.4, -0.2) is 28.0 Å². The van der Waals surface area contributed by atoms with Gasteiger partial charge in [0.05, 0.1) is 18.7 Å². The van der Waals surface area contributed by atoms with E-state index in [2.05, 4.69) is 16.1 Å². The van der Waals surface area contributed by atoms with Crippen LogP contribution < -0.4 is 14.8 Å². The number of carbonyl (C=O) groups excluding carboxylic acids is 1. The number of carbonyl (C=O) groups is 1. The molecule has 164 valence electrons. The second-order valence-electron chi connectivity index (χ2n) is 8.76. The lowest BCUT2D eigenvalue weighted by molar-refractivity contribution is -0.120. The zero-order valence-corrected chi connectivity index (χ0v) is 18.6. The Morgan fingerprint density at radius 2 is 1.94 bits per heavy atom. The molecule has 6 nitrogen and oxygen atoms in total. The van der Waals surface area contributed by atoms with E-state index in [0.717, 1.165) is 36.9 Å². The van der Waals surface area contributed by atoms with E-state index in [9.17, 15) is 13.2 Å². The van der Waals surface area contributed by atoms with Crippen LogP contribution in [0.25, 0.3) is 0 Å². The third-order valence-corrected chi connectivity index (χ3v) is 8.42. The monoisotopic (exact) mass is 440 g/mol. The van der Waals surface area contributed by atoms with E-state index < -0.39 is 21.8 Å². The van der Waals surface area contributed by atoms with Gasteiger partial charge in [0.2, 0.25) is 5.91 Å². The number of hydrogen-bond donors (Lipinski definition) is 2. The summed E-state index contributed by atoms with van der Waals surface area (Å²) in [5.41, 5.74) is 4.94. The van der Waals surface area contributed by atoms with Gasteiger partial charge in [-0.2, -0.15) is 0 Å².